The number of rotatable bonds is 0. The molecule has 78 valence electrons. The largest absolute Gasteiger partial charge is 0.256 e. The van der Waals surface area contributed by atoms with E-state index in [0.29, 0.717) is 0 Å². The molecule has 0 spiro atoms. The second-order valence-electron chi connectivity index (χ2n) is 4.17. The molecule has 2 aromatic rings. The smallest absolute Gasteiger partial charge is 0.0802 e. The highest BCUT2D eigenvalue weighted by molar-refractivity contribution is 5.98. The molecule has 1 aliphatic rings. The summed E-state index contributed by atoms with van der Waals surface area (Å²) in [6, 6.07) is 8.17. The molecule has 0 unspecified atom stereocenters. The van der Waals surface area contributed by atoms with E-state index in [1.807, 2.05) is 24.5 Å². The van der Waals surface area contributed by atoms with Crippen LogP contribution in [0.5, 0.6) is 0 Å². The average molecular weight is 208 g/mol. The molecular weight excluding hydrogens is 196 g/mol. The van der Waals surface area contributed by atoms with Crippen molar-refractivity contribution in [3.63, 3.8) is 0 Å². The highest BCUT2D eigenvalue weighted by Gasteiger charge is 2.25. The van der Waals surface area contributed by atoms with Crippen molar-refractivity contribution < 1.29 is 0 Å². The summed E-state index contributed by atoms with van der Waals surface area (Å²) < 4.78 is 0. The van der Waals surface area contributed by atoms with Crippen molar-refractivity contribution in [3.8, 4) is 11.1 Å². The van der Waals surface area contributed by atoms with Crippen molar-refractivity contribution in [2.45, 2.75) is 13.8 Å². The second kappa shape index (κ2) is 3.27. The number of allylic oxidation sites excluding steroid dienone is 1. The number of pyridine rings is 2. The zero-order chi connectivity index (χ0) is 11.1. The van der Waals surface area contributed by atoms with E-state index in [4.69, 9.17) is 0 Å². The molecule has 3 rings (SSSR count). The molecule has 16 heavy (non-hydrogen) atoms. The molecule has 0 atom stereocenters. The summed E-state index contributed by atoms with van der Waals surface area (Å²) in [5.41, 5.74) is 6.97. The molecule has 0 saturated heterocycles. The molecule has 2 nitrogen and oxygen atoms in total. The van der Waals surface area contributed by atoms with E-state index in [9.17, 15) is 0 Å². The van der Waals surface area contributed by atoms with E-state index >= 15 is 0 Å². The van der Waals surface area contributed by atoms with Gasteiger partial charge in [-0.05, 0) is 26.0 Å². The van der Waals surface area contributed by atoms with Gasteiger partial charge in [0.05, 0.1) is 11.4 Å². The lowest BCUT2D eigenvalue weighted by Gasteiger charge is -2.02. The van der Waals surface area contributed by atoms with Gasteiger partial charge in [-0.1, -0.05) is 17.7 Å². The molecule has 2 aromatic heterocycles. The Hall–Kier alpha value is -1.96. The summed E-state index contributed by atoms with van der Waals surface area (Å²) in [7, 11) is 0. The molecule has 0 radical (unpaired) electrons. The van der Waals surface area contributed by atoms with Crippen LogP contribution >= 0.6 is 0 Å². The summed E-state index contributed by atoms with van der Waals surface area (Å²) >= 11 is 0. The number of hydrogen-bond donors (Lipinski definition) is 0. The first-order valence-corrected chi connectivity index (χ1v) is 5.37. The quantitative estimate of drug-likeness (QED) is 0.566. The molecule has 0 fully saturated rings. The van der Waals surface area contributed by atoms with Crippen LogP contribution in [0.2, 0.25) is 0 Å². The van der Waals surface area contributed by atoms with Gasteiger partial charge in [0.15, 0.2) is 0 Å². The fraction of sp³-hybridized carbons (Fsp3) is 0.143. The van der Waals surface area contributed by atoms with Gasteiger partial charge < -0.3 is 0 Å². The summed E-state index contributed by atoms with van der Waals surface area (Å²) in [6.07, 6.45) is 3.68. The molecule has 0 N–H and O–H groups in total. The van der Waals surface area contributed by atoms with E-state index < -0.39 is 0 Å². The molecule has 0 aliphatic heterocycles. The minimum atomic E-state index is 1.07. The Morgan fingerprint density at radius 1 is 0.875 bits per heavy atom. The van der Waals surface area contributed by atoms with Crippen molar-refractivity contribution >= 4 is 5.57 Å². The zero-order valence-corrected chi connectivity index (χ0v) is 9.36. The summed E-state index contributed by atoms with van der Waals surface area (Å²) in [6.45, 7) is 4.22. The highest BCUT2D eigenvalue weighted by Crippen LogP contribution is 2.42. The lowest BCUT2D eigenvalue weighted by molar-refractivity contribution is 1.24. The van der Waals surface area contributed by atoms with Gasteiger partial charge in [0, 0.05) is 29.1 Å². The second-order valence-corrected chi connectivity index (χ2v) is 4.17. The normalized spacial score (nSPS) is 12.2. The third-order valence-corrected chi connectivity index (χ3v) is 2.88. The lowest BCUT2D eigenvalue weighted by Crippen LogP contribution is -1.89. The molecule has 2 heteroatoms. The Balaban J connectivity index is 2.44. The Morgan fingerprint density at radius 3 is 1.81 bits per heavy atom. The first kappa shape index (κ1) is 9.28. The third kappa shape index (κ3) is 1.13. The van der Waals surface area contributed by atoms with Crippen molar-refractivity contribution in [2.24, 2.45) is 0 Å². The zero-order valence-electron chi connectivity index (χ0n) is 9.36. The van der Waals surface area contributed by atoms with E-state index in [1.165, 1.54) is 22.3 Å². The van der Waals surface area contributed by atoms with Crippen molar-refractivity contribution in [2.75, 3.05) is 0 Å². The Labute approximate surface area is 94.7 Å². The van der Waals surface area contributed by atoms with Crippen LogP contribution in [0.3, 0.4) is 0 Å². The van der Waals surface area contributed by atoms with Gasteiger partial charge in [0.1, 0.15) is 0 Å². The molecule has 0 saturated carbocycles. The van der Waals surface area contributed by atoms with Crippen molar-refractivity contribution in [1.29, 1.82) is 0 Å². The number of fused-ring (bicyclic) bond motifs is 3. The predicted molar refractivity (Wildman–Crippen MR) is 64.8 cm³/mol. The minimum Gasteiger partial charge on any atom is -0.256 e. The van der Waals surface area contributed by atoms with Crippen LogP contribution in [0, 0.1) is 0 Å². The maximum absolute atomic E-state index is 4.48. The highest BCUT2D eigenvalue weighted by atomic mass is 14.8. The first-order chi connectivity index (χ1) is 7.79. The maximum Gasteiger partial charge on any atom is 0.0802 e. The lowest BCUT2D eigenvalue weighted by atomic mass is 10.1. The van der Waals surface area contributed by atoms with E-state index in [1.54, 1.807) is 0 Å². The number of aromatic nitrogens is 2. The number of hydrogen-bond acceptors (Lipinski definition) is 2. The van der Waals surface area contributed by atoms with Crippen LogP contribution in [0.4, 0.5) is 0 Å². The van der Waals surface area contributed by atoms with E-state index in [0.717, 1.165) is 11.4 Å². The predicted octanol–water partition coefficient (Wildman–Crippen LogP) is 3.30. The fourth-order valence-electron chi connectivity index (χ4n) is 2.23. The minimum absolute atomic E-state index is 1.07. The van der Waals surface area contributed by atoms with Crippen LogP contribution in [0.15, 0.2) is 42.2 Å². The molecule has 0 aromatic carbocycles. The summed E-state index contributed by atoms with van der Waals surface area (Å²) in [5.74, 6) is 0. The Bertz CT molecular complexity index is 546. The number of nitrogens with zero attached hydrogens (tertiary/aromatic N) is 2. The third-order valence-electron chi connectivity index (χ3n) is 2.88. The van der Waals surface area contributed by atoms with Crippen LogP contribution in [0.25, 0.3) is 16.7 Å². The van der Waals surface area contributed by atoms with Gasteiger partial charge in [0.2, 0.25) is 0 Å². The molecule has 0 bridgehead atoms. The van der Waals surface area contributed by atoms with Crippen molar-refractivity contribution in [3.05, 3.63) is 53.6 Å². The van der Waals surface area contributed by atoms with Crippen LogP contribution in [-0.2, 0) is 0 Å². The van der Waals surface area contributed by atoms with E-state index in [2.05, 4.69) is 35.9 Å². The molecular formula is C14H12N2. The topological polar surface area (TPSA) is 25.8 Å². The standard InChI is InChI=1S/C14H12N2/c1-9(2)12-13-10(5-3-7-15-13)11-6-4-8-16-14(11)12/h3-8H,1-2H3. The SMILES string of the molecule is CC(C)=C1c2ncccc2-c2cccnc21. The van der Waals surface area contributed by atoms with Crippen LogP contribution in [-0.4, -0.2) is 9.97 Å². The fourth-order valence-corrected chi connectivity index (χ4v) is 2.23. The summed E-state index contributed by atoms with van der Waals surface area (Å²) in [4.78, 5) is 8.96. The Kier molecular flexibility index (Phi) is 1.90. The monoisotopic (exact) mass is 208 g/mol. The Morgan fingerprint density at radius 2 is 1.38 bits per heavy atom. The van der Waals surface area contributed by atoms with Gasteiger partial charge >= 0.3 is 0 Å². The van der Waals surface area contributed by atoms with Crippen molar-refractivity contribution in [1.82, 2.24) is 9.97 Å². The van der Waals surface area contributed by atoms with Crippen LogP contribution < -0.4 is 0 Å². The van der Waals surface area contributed by atoms with Gasteiger partial charge in [-0.2, -0.15) is 0 Å². The van der Waals surface area contributed by atoms with E-state index in [-0.39, 0.29) is 0 Å². The maximum atomic E-state index is 4.48. The van der Waals surface area contributed by atoms with Gasteiger partial charge in [0.25, 0.3) is 0 Å². The van der Waals surface area contributed by atoms with Gasteiger partial charge in [-0.15, -0.1) is 0 Å². The molecule has 1 aliphatic carbocycles. The summed E-state index contributed by atoms with van der Waals surface area (Å²) in [5, 5.41) is 0. The molecule has 2 heterocycles. The average Bonchev–Trinajstić information content (AvgIpc) is 2.63. The molecule has 0 amide bonds. The first-order valence-electron chi connectivity index (χ1n) is 5.37. The van der Waals surface area contributed by atoms with Gasteiger partial charge in [-0.3, -0.25) is 9.97 Å². The van der Waals surface area contributed by atoms with Crippen LogP contribution in [0.1, 0.15) is 25.2 Å². The van der Waals surface area contributed by atoms with Gasteiger partial charge in [-0.25, -0.2) is 0 Å².